The predicted molar refractivity (Wildman–Crippen MR) is 136 cm³/mol. The third-order valence-electron chi connectivity index (χ3n) is 5.83. The van der Waals surface area contributed by atoms with Crippen LogP contribution in [0.3, 0.4) is 0 Å². The van der Waals surface area contributed by atoms with Gasteiger partial charge in [-0.2, -0.15) is 5.10 Å². The fourth-order valence-electron chi connectivity index (χ4n) is 4.09. The first-order valence-electron chi connectivity index (χ1n) is 11.2. The van der Waals surface area contributed by atoms with Crippen LogP contribution in [0.1, 0.15) is 49.3 Å². The van der Waals surface area contributed by atoms with Crippen molar-refractivity contribution >= 4 is 34.6 Å². The number of aryl methyl sites for hydroxylation is 1. The lowest BCUT2D eigenvalue weighted by Crippen LogP contribution is -2.19. The topological polar surface area (TPSA) is 72.0 Å². The average molecular weight is 503 g/mol. The van der Waals surface area contributed by atoms with E-state index in [2.05, 4.69) is 16.9 Å². The maximum Gasteiger partial charge on any atom is 0.203 e. The minimum Gasteiger partial charge on any atom is -0.493 e. The Morgan fingerprint density at radius 2 is 1.71 bits per heavy atom. The van der Waals surface area contributed by atoms with E-state index >= 15 is 0 Å². The molecule has 1 unspecified atom stereocenters. The minimum absolute atomic E-state index is 0.161. The number of hydrogen-bond acceptors (Lipinski definition) is 6. The third-order valence-corrected chi connectivity index (χ3v) is 6.37. The lowest BCUT2D eigenvalue weighted by molar-refractivity contribution is 0.324. The highest BCUT2D eigenvalue weighted by atomic mass is 35.5. The Morgan fingerprint density at radius 3 is 2.29 bits per heavy atom. The number of imidazole rings is 1. The zero-order valence-electron chi connectivity index (χ0n) is 19.7. The van der Waals surface area contributed by atoms with Gasteiger partial charge in [-0.15, -0.1) is 0 Å². The number of anilines is 1. The number of rotatable bonds is 9. The Labute approximate surface area is 209 Å². The van der Waals surface area contributed by atoms with Gasteiger partial charge in [0.2, 0.25) is 5.75 Å². The fraction of sp³-hybridized carbons (Fsp3) is 0.360. The van der Waals surface area contributed by atoms with Crippen LogP contribution in [-0.4, -0.2) is 37.0 Å². The van der Waals surface area contributed by atoms with Crippen LogP contribution in [0.15, 0.2) is 41.5 Å². The first-order chi connectivity index (χ1) is 16.5. The molecule has 4 rings (SSSR count). The van der Waals surface area contributed by atoms with E-state index in [-0.39, 0.29) is 6.04 Å². The molecule has 2 heterocycles. The molecule has 1 N–H and O–H groups in total. The number of hydrogen-bond donors (Lipinski definition) is 1. The highest BCUT2D eigenvalue weighted by Crippen LogP contribution is 2.42. The molecular weight excluding hydrogens is 475 g/mol. The van der Waals surface area contributed by atoms with Crippen LogP contribution < -0.4 is 19.2 Å². The molecule has 1 aromatic heterocycles. The molecular formula is C25H28Cl2N4O3. The Hall–Kier alpha value is -2.90. The number of nitrogens with one attached hydrogen (secondary N) is 1. The van der Waals surface area contributed by atoms with Gasteiger partial charge in [-0.3, -0.25) is 5.01 Å². The summed E-state index contributed by atoms with van der Waals surface area (Å²) in [4.78, 5) is 8.02. The molecule has 1 atom stereocenters. The molecule has 0 fully saturated rings. The van der Waals surface area contributed by atoms with Crippen molar-refractivity contribution < 1.29 is 14.2 Å². The van der Waals surface area contributed by atoms with Crippen molar-refractivity contribution in [2.24, 2.45) is 5.10 Å². The molecule has 1 aliphatic rings. The molecule has 0 radical (unpaired) electrons. The smallest absolute Gasteiger partial charge is 0.203 e. The second-order valence-electron chi connectivity index (χ2n) is 7.99. The maximum atomic E-state index is 6.61. The second-order valence-corrected chi connectivity index (χ2v) is 8.79. The fourth-order valence-corrected chi connectivity index (χ4v) is 4.49. The number of halogens is 2. The summed E-state index contributed by atoms with van der Waals surface area (Å²) in [6.45, 7) is 2.15. The summed E-state index contributed by atoms with van der Waals surface area (Å²) in [7, 11) is 4.78. The van der Waals surface area contributed by atoms with Crippen LogP contribution in [-0.2, 0) is 6.42 Å². The van der Waals surface area contributed by atoms with Gasteiger partial charge in [0, 0.05) is 23.4 Å². The van der Waals surface area contributed by atoms with Gasteiger partial charge < -0.3 is 19.2 Å². The van der Waals surface area contributed by atoms with Crippen LogP contribution in [0.2, 0.25) is 10.2 Å². The molecule has 2 aromatic carbocycles. The molecule has 0 saturated carbocycles. The van der Waals surface area contributed by atoms with E-state index in [9.17, 15) is 0 Å². The van der Waals surface area contributed by atoms with Crippen LogP contribution in [0.5, 0.6) is 17.2 Å². The molecule has 0 aliphatic carbocycles. The Kier molecular flexibility index (Phi) is 7.54. The third kappa shape index (κ3) is 4.81. The van der Waals surface area contributed by atoms with E-state index < -0.39 is 0 Å². The molecule has 7 nitrogen and oxygen atoms in total. The molecule has 0 spiro atoms. The number of hydrazone groups is 1. The van der Waals surface area contributed by atoms with Gasteiger partial charge in [0.05, 0.1) is 38.4 Å². The highest BCUT2D eigenvalue weighted by Gasteiger charge is 2.34. The number of nitrogens with zero attached hydrogens (tertiary/aromatic N) is 3. The molecule has 9 heteroatoms. The Morgan fingerprint density at radius 1 is 1.03 bits per heavy atom. The summed E-state index contributed by atoms with van der Waals surface area (Å²) in [6.07, 6.45) is 3.59. The van der Waals surface area contributed by atoms with E-state index in [4.69, 9.17) is 42.5 Å². The molecule has 0 amide bonds. The van der Waals surface area contributed by atoms with Crippen LogP contribution in [0.4, 0.5) is 5.69 Å². The van der Waals surface area contributed by atoms with E-state index in [1.54, 1.807) is 21.3 Å². The van der Waals surface area contributed by atoms with Gasteiger partial charge in [-0.05, 0) is 42.8 Å². The van der Waals surface area contributed by atoms with Crippen molar-refractivity contribution in [3.05, 3.63) is 63.7 Å². The van der Waals surface area contributed by atoms with Crippen LogP contribution in [0, 0.1) is 0 Å². The first kappa shape index (κ1) is 24.2. The Bertz CT molecular complexity index is 1150. The first-order valence-corrected chi connectivity index (χ1v) is 11.9. The molecule has 0 saturated heterocycles. The number of aromatic nitrogens is 2. The number of methoxy groups -OCH3 is 3. The molecule has 180 valence electrons. The van der Waals surface area contributed by atoms with Crippen molar-refractivity contribution in [2.75, 3.05) is 26.3 Å². The van der Waals surface area contributed by atoms with E-state index in [0.29, 0.717) is 33.8 Å². The number of benzene rings is 2. The number of unbranched alkanes of at least 4 members (excludes halogenated alkanes) is 1. The van der Waals surface area contributed by atoms with Gasteiger partial charge >= 0.3 is 0 Å². The molecule has 1 aliphatic heterocycles. The second kappa shape index (κ2) is 10.6. The lowest BCUT2D eigenvalue weighted by atomic mass is 10.0. The largest absolute Gasteiger partial charge is 0.493 e. The van der Waals surface area contributed by atoms with Gasteiger partial charge in [0.25, 0.3) is 0 Å². The van der Waals surface area contributed by atoms with Crippen molar-refractivity contribution in [1.82, 2.24) is 9.97 Å². The quantitative estimate of drug-likeness (QED) is 0.364. The van der Waals surface area contributed by atoms with Crippen LogP contribution >= 0.6 is 23.2 Å². The van der Waals surface area contributed by atoms with Gasteiger partial charge in [-0.25, -0.2) is 4.98 Å². The summed E-state index contributed by atoms with van der Waals surface area (Å²) >= 11 is 12.8. The van der Waals surface area contributed by atoms with Crippen molar-refractivity contribution in [2.45, 2.75) is 38.6 Å². The highest BCUT2D eigenvalue weighted by molar-refractivity contribution is 6.30. The summed E-state index contributed by atoms with van der Waals surface area (Å²) < 4.78 is 16.6. The molecule has 34 heavy (non-hydrogen) atoms. The number of H-pyrrole nitrogens is 1. The predicted octanol–water partition coefficient (Wildman–Crippen LogP) is 6.44. The average Bonchev–Trinajstić information content (AvgIpc) is 3.45. The van der Waals surface area contributed by atoms with Crippen LogP contribution in [0.25, 0.3) is 0 Å². The Balaban J connectivity index is 1.77. The standard InChI is InChI=1S/C25H28Cl2N4O3/c1-5-6-7-22-28-23(25(27)29-22)19-14-18(30-31(19)17-10-8-16(26)9-11-17)15-12-20(32-2)24(34-4)21(13-15)33-3/h8-13,19H,5-7,14H2,1-4H3,(H,28,29). The zero-order valence-corrected chi connectivity index (χ0v) is 21.2. The SMILES string of the molecule is CCCCc1nc(Cl)c(C2CC(c3cc(OC)c(OC)c(OC)c3)=NN2c2ccc(Cl)cc2)[nH]1. The monoisotopic (exact) mass is 502 g/mol. The summed E-state index contributed by atoms with van der Waals surface area (Å²) in [5.74, 6) is 2.57. The maximum absolute atomic E-state index is 6.61. The lowest BCUT2D eigenvalue weighted by Gasteiger charge is -2.23. The van der Waals surface area contributed by atoms with Gasteiger partial charge in [-0.1, -0.05) is 36.5 Å². The normalized spacial score (nSPS) is 15.4. The summed E-state index contributed by atoms with van der Waals surface area (Å²) in [5.41, 5.74) is 3.48. The van der Waals surface area contributed by atoms with Gasteiger partial charge in [0.15, 0.2) is 16.7 Å². The summed E-state index contributed by atoms with van der Waals surface area (Å²) in [5, 5.41) is 8.07. The van der Waals surface area contributed by atoms with E-state index in [0.717, 1.165) is 47.7 Å². The van der Waals surface area contributed by atoms with E-state index in [1.165, 1.54) is 0 Å². The summed E-state index contributed by atoms with van der Waals surface area (Å²) in [6, 6.07) is 11.2. The van der Waals surface area contributed by atoms with Crippen molar-refractivity contribution in [1.29, 1.82) is 0 Å². The number of aromatic amines is 1. The molecule has 0 bridgehead atoms. The van der Waals surface area contributed by atoms with Crippen molar-refractivity contribution in [3.8, 4) is 17.2 Å². The van der Waals surface area contributed by atoms with Crippen molar-refractivity contribution in [3.63, 3.8) is 0 Å². The zero-order chi connectivity index (χ0) is 24.2. The molecule has 3 aromatic rings. The van der Waals surface area contributed by atoms with E-state index in [1.807, 2.05) is 41.4 Å². The minimum atomic E-state index is -0.161. The number of ether oxygens (including phenoxy) is 3. The van der Waals surface area contributed by atoms with Gasteiger partial charge in [0.1, 0.15) is 11.9 Å².